The lowest BCUT2D eigenvalue weighted by Gasteiger charge is -2.35. The van der Waals surface area contributed by atoms with Gasteiger partial charge >= 0.3 is 5.97 Å². The maximum absolute atomic E-state index is 11.0. The summed E-state index contributed by atoms with van der Waals surface area (Å²) in [5.41, 5.74) is 0.296. The highest BCUT2D eigenvalue weighted by Gasteiger charge is 2.18. The van der Waals surface area contributed by atoms with E-state index in [1.807, 2.05) is 0 Å². The maximum Gasteiger partial charge on any atom is 0.335 e. The molecule has 1 saturated heterocycles. The molecule has 0 amide bonds. The number of rotatable bonds is 5. The number of carbonyl (C=O) groups is 1. The summed E-state index contributed by atoms with van der Waals surface area (Å²) in [4.78, 5) is 22.0. The maximum atomic E-state index is 11.0. The lowest BCUT2D eigenvalue weighted by atomic mass is 10.2. The summed E-state index contributed by atoms with van der Waals surface area (Å²) in [5, 5.41) is 9.01. The number of piperazine rings is 1. The third kappa shape index (κ3) is 3.91. The lowest BCUT2D eigenvalue weighted by molar-refractivity contribution is 0.0697. The van der Waals surface area contributed by atoms with Gasteiger partial charge in [0, 0.05) is 45.5 Å². The molecule has 20 heavy (non-hydrogen) atoms. The van der Waals surface area contributed by atoms with Crippen molar-refractivity contribution in [2.75, 3.05) is 58.3 Å². The van der Waals surface area contributed by atoms with E-state index in [9.17, 15) is 4.79 Å². The molecule has 6 heteroatoms. The van der Waals surface area contributed by atoms with E-state index in [2.05, 4.69) is 33.8 Å². The standard InChI is InChI=1S/C14H22N4O2/c1-16(2)5-6-17-7-9-18(10-8-17)13-11-12(14(19)20)3-4-15-13/h3-4,11H,5-10H2,1-2H3,(H,19,20). The second kappa shape index (κ2) is 6.67. The van der Waals surface area contributed by atoms with Gasteiger partial charge in [-0.1, -0.05) is 0 Å². The molecule has 110 valence electrons. The molecule has 1 aromatic rings. The minimum atomic E-state index is -0.904. The molecule has 1 N–H and O–H groups in total. The lowest BCUT2D eigenvalue weighted by Crippen LogP contribution is -2.48. The summed E-state index contributed by atoms with van der Waals surface area (Å²) >= 11 is 0. The molecule has 1 aliphatic rings. The monoisotopic (exact) mass is 278 g/mol. The molecular weight excluding hydrogens is 256 g/mol. The van der Waals surface area contributed by atoms with Crippen molar-refractivity contribution in [1.82, 2.24) is 14.8 Å². The van der Waals surface area contributed by atoms with Crippen LogP contribution >= 0.6 is 0 Å². The molecule has 2 rings (SSSR count). The molecule has 0 aliphatic carbocycles. The van der Waals surface area contributed by atoms with Gasteiger partial charge in [-0.2, -0.15) is 0 Å². The molecule has 0 radical (unpaired) electrons. The number of nitrogens with zero attached hydrogens (tertiary/aromatic N) is 4. The Morgan fingerprint density at radius 3 is 2.65 bits per heavy atom. The fraction of sp³-hybridized carbons (Fsp3) is 0.571. The Kier molecular flexibility index (Phi) is 4.92. The van der Waals surface area contributed by atoms with Crippen LogP contribution in [0.3, 0.4) is 0 Å². The predicted octanol–water partition coefficient (Wildman–Crippen LogP) is 0.463. The summed E-state index contributed by atoms with van der Waals surface area (Å²) in [5.74, 6) is -0.143. The first kappa shape index (κ1) is 14.7. The second-order valence-electron chi connectivity index (χ2n) is 5.34. The van der Waals surface area contributed by atoms with Crippen molar-refractivity contribution < 1.29 is 9.90 Å². The molecule has 1 aromatic heterocycles. The normalized spacial score (nSPS) is 16.6. The Bertz CT molecular complexity index is 456. The van der Waals surface area contributed by atoms with Crippen LogP contribution in [-0.2, 0) is 0 Å². The van der Waals surface area contributed by atoms with Crippen molar-refractivity contribution >= 4 is 11.8 Å². The van der Waals surface area contributed by atoms with Gasteiger partial charge in [0.25, 0.3) is 0 Å². The number of carboxylic acid groups (broad SMARTS) is 1. The van der Waals surface area contributed by atoms with Gasteiger partial charge in [-0.3, -0.25) is 4.90 Å². The molecule has 1 aliphatic heterocycles. The van der Waals surface area contributed by atoms with Crippen molar-refractivity contribution in [3.05, 3.63) is 23.9 Å². The van der Waals surface area contributed by atoms with Crippen LogP contribution in [0.15, 0.2) is 18.3 Å². The Balaban J connectivity index is 1.90. The minimum Gasteiger partial charge on any atom is -0.478 e. The molecule has 0 unspecified atom stereocenters. The van der Waals surface area contributed by atoms with E-state index >= 15 is 0 Å². The molecule has 0 aromatic carbocycles. The third-order valence-electron chi connectivity index (χ3n) is 3.55. The molecule has 0 saturated carbocycles. The van der Waals surface area contributed by atoms with E-state index in [4.69, 9.17) is 5.11 Å². The van der Waals surface area contributed by atoms with E-state index in [0.29, 0.717) is 5.56 Å². The van der Waals surface area contributed by atoms with Crippen LogP contribution in [0.4, 0.5) is 5.82 Å². The first-order chi connectivity index (χ1) is 9.56. The number of likely N-dealkylation sites (N-methyl/N-ethyl adjacent to an activating group) is 1. The molecule has 0 atom stereocenters. The highest BCUT2D eigenvalue weighted by atomic mass is 16.4. The van der Waals surface area contributed by atoms with E-state index in [0.717, 1.165) is 45.1 Å². The fourth-order valence-corrected chi connectivity index (χ4v) is 2.27. The summed E-state index contributed by atoms with van der Waals surface area (Å²) in [6.07, 6.45) is 1.57. The fourth-order valence-electron chi connectivity index (χ4n) is 2.27. The average molecular weight is 278 g/mol. The molecule has 2 heterocycles. The van der Waals surface area contributed by atoms with Crippen LogP contribution < -0.4 is 4.90 Å². The first-order valence-electron chi connectivity index (χ1n) is 6.87. The number of hydrogen-bond donors (Lipinski definition) is 1. The molecular formula is C14H22N4O2. The number of aromatic nitrogens is 1. The van der Waals surface area contributed by atoms with Crippen LogP contribution in [-0.4, -0.2) is 79.2 Å². The summed E-state index contributed by atoms with van der Waals surface area (Å²) in [6, 6.07) is 3.18. The molecule has 6 nitrogen and oxygen atoms in total. The number of aromatic carboxylic acids is 1. The van der Waals surface area contributed by atoms with Gasteiger partial charge in [-0.05, 0) is 26.2 Å². The van der Waals surface area contributed by atoms with Crippen LogP contribution in [0, 0.1) is 0 Å². The van der Waals surface area contributed by atoms with Crippen molar-refractivity contribution in [2.45, 2.75) is 0 Å². The van der Waals surface area contributed by atoms with Crippen molar-refractivity contribution in [2.24, 2.45) is 0 Å². The topological polar surface area (TPSA) is 59.9 Å². The quantitative estimate of drug-likeness (QED) is 0.844. The number of pyridine rings is 1. The minimum absolute atomic E-state index is 0.296. The summed E-state index contributed by atoms with van der Waals surface area (Å²) < 4.78 is 0. The second-order valence-corrected chi connectivity index (χ2v) is 5.34. The van der Waals surface area contributed by atoms with Crippen molar-refractivity contribution in [3.63, 3.8) is 0 Å². The van der Waals surface area contributed by atoms with Gasteiger partial charge in [0.2, 0.25) is 0 Å². The van der Waals surface area contributed by atoms with Crippen molar-refractivity contribution in [3.8, 4) is 0 Å². The zero-order valence-corrected chi connectivity index (χ0v) is 12.1. The molecule has 0 bridgehead atoms. The average Bonchev–Trinajstić information content (AvgIpc) is 2.46. The van der Waals surface area contributed by atoms with Gasteiger partial charge in [0.15, 0.2) is 0 Å². The van der Waals surface area contributed by atoms with Crippen LogP contribution in [0.1, 0.15) is 10.4 Å². The van der Waals surface area contributed by atoms with E-state index in [-0.39, 0.29) is 0 Å². The summed E-state index contributed by atoms with van der Waals surface area (Å²) in [7, 11) is 4.16. The highest BCUT2D eigenvalue weighted by molar-refractivity contribution is 5.88. The molecule has 1 fully saturated rings. The molecule has 0 spiro atoms. The van der Waals surface area contributed by atoms with Crippen LogP contribution in [0.5, 0.6) is 0 Å². The van der Waals surface area contributed by atoms with Crippen LogP contribution in [0.2, 0.25) is 0 Å². The van der Waals surface area contributed by atoms with Gasteiger partial charge in [-0.25, -0.2) is 9.78 Å². The van der Waals surface area contributed by atoms with Gasteiger partial charge in [0.05, 0.1) is 5.56 Å². The zero-order chi connectivity index (χ0) is 14.5. The zero-order valence-electron chi connectivity index (χ0n) is 12.1. The Morgan fingerprint density at radius 2 is 2.05 bits per heavy atom. The van der Waals surface area contributed by atoms with Crippen LogP contribution in [0.25, 0.3) is 0 Å². The summed E-state index contributed by atoms with van der Waals surface area (Å²) in [6.45, 7) is 5.91. The highest BCUT2D eigenvalue weighted by Crippen LogP contribution is 2.15. The smallest absolute Gasteiger partial charge is 0.335 e. The number of hydrogen-bond acceptors (Lipinski definition) is 5. The third-order valence-corrected chi connectivity index (χ3v) is 3.55. The predicted molar refractivity (Wildman–Crippen MR) is 78.4 cm³/mol. The van der Waals surface area contributed by atoms with Crippen molar-refractivity contribution in [1.29, 1.82) is 0 Å². The van der Waals surface area contributed by atoms with Gasteiger partial charge in [0.1, 0.15) is 5.82 Å². The number of anilines is 1. The Labute approximate surface area is 119 Å². The Morgan fingerprint density at radius 1 is 1.35 bits per heavy atom. The van der Waals surface area contributed by atoms with E-state index < -0.39 is 5.97 Å². The SMILES string of the molecule is CN(C)CCN1CCN(c2cc(C(=O)O)ccn2)CC1. The van der Waals surface area contributed by atoms with Gasteiger partial charge in [-0.15, -0.1) is 0 Å². The first-order valence-corrected chi connectivity index (χ1v) is 6.87. The van der Waals surface area contributed by atoms with E-state index in [1.165, 1.54) is 6.07 Å². The van der Waals surface area contributed by atoms with Gasteiger partial charge < -0.3 is 14.9 Å². The Hall–Kier alpha value is -1.66. The van der Waals surface area contributed by atoms with E-state index in [1.54, 1.807) is 12.3 Å². The largest absolute Gasteiger partial charge is 0.478 e. The number of carboxylic acids is 1.